The molecule has 0 saturated heterocycles. The largest absolute Gasteiger partial charge is 0.360 e. The lowest BCUT2D eigenvalue weighted by atomic mass is 10.4. The van der Waals surface area contributed by atoms with Crippen LogP contribution in [0.3, 0.4) is 0 Å². The van der Waals surface area contributed by atoms with E-state index < -0.39 is 20.0 Å². The molecule has 0 atom stereocenters. The summed E-state index contributed by atoms with van der Waals surface area (Å²) >= 11 is 0. The Morgan fingerprint density at radius 3 is 2.33 bits per heavy atom. The summed E-state index contributed by atoms with van der Waals surface area (Å²) in [4.78, 5) is 0.0291. The first-order valence-electron chi connectivity index (χ1n) is 6.48. The molecule has 1 rings (SSSR count). The zero-order chi connectivity index (χ0) is 16.3. The molecule has 1 aromatic rings. The highest BCUT2D eigenvalue weighted by Crippen LogP contribution is 2.21. The van der Waals surface area contributed by atoms with Crippen LogP contribution in [0.1, 0.15) is 24.8 Å². The van der Waals surface area contributed by atoms with E-state index >= 15 is 0 Å². The average Bonchev–Trinajstić information content (AvgIpc) is 2.68. The predicted octanol–water partition coefficient (Wildman–Crippen LogP) is 0.241. The Morgan fingerprint density at radius 2 is 1.86 bits per heavy atom. The van der Waals surface area contributed by atoms with Gasteiger partial charge in [0.2, 0.25) is 20.0 Å². The van der Waals surface area contributed by atoms with Crippen molar-refractivity contribution in [3.8, 4) is 0 Å². The van der Waals surface area contributed by atoms with Crippen LogP contribution in [0.25, 0.3) is 0 Å². The fourth-order valence-electron chi connectivity index (χ4n) is 1.82. The van der Waals surface area contributed by atoms with E-state index in [0.29, 0.717) is 6.42 Å². The van der Waals surface area contributed by atoms with Crippen LogP contribution in [0, 0.1) is 13.8 Å². The lowest BCUT2D eigenvalue weighted by Gasteiger charge is -2.17. The van der Waals surface area contributed by atoms with Gasteiger partial charge >= 0.3 is 0 Å². The van der Waals surface area contributed by atoms with E-state index in [9.17, 15) is 16.8 Å². The molecule has 0 fully saturated rings. The summed E-state index contributed by atoms with van der Waals surface area (Å²) in [7, 11) is -5.71. The van der Waals surface area contributed by atoms with Crippen LogP contribution < -0.4 is 4.72 Å². The fraction of sp³-hybridized carbons (Fsp3) is 0.727. The maximum absolute atomic E-state index is 12.4. The standard InChI is InChI=1S/C11H21N3O5S2/c1-5-8-20(15,16)12-6-7-14(4)21(17,18)11-9(2)13-19-10(11)3/h12H,5-8H2,1-4H3. The average molecular weight is 339 g/mol. The van der Waals surface area contributed by atoms with E-state index in [1.807, 2.05) is 0 Å². The Labute approximate surface area is 125 Å². The highest BCUT2D eigenvalue weighted by Gasteiger charge is 2.28. The Morgan fingerprint density at radius 1 is 1.24 bits per heavy atom. The van der Waals surface area contributed by atoms with E-state index in [1.165, 1.54) is 14.0 Å². The maximum Gasteiger partial charge on any atom is 0.248 e. The molecule has 0 aliphatic carbocycles. The number of nitrogens with one attached hydrogen (secondary N) is 1. The maximum atomic E-state index is 12.4. The molecule has 0 aliphatic rings. The molecule has 0 radical (unpaired) electrons. The molecule has 8 nitrogen and oxygen atoms in total. The van der Waals surface area contributed by atoms with Gasteiger partial charge in [-0.15, -0.1) is 0 Å². The normalized spacial score (nSPS) is 13.0. The van der Waals surface area contributed by atoms with Crippen molar-refractivity contribution in [2.45, 2.75) is 32.1 Å². The molecule has 0 spiro atoms. The van der Waals surface area contributed by atoms with E-state index in [1.54, 1.807) is 13.8 Å². The summed E-state index contributed by atoms with van der Waals surface area (Å²) in [5, 5.41) is 3.62. The summed E-state index contributed by atoms with van der Waals surface area (Å²) in [6.07, 6.45) is 0.503. The van der Waals surface area contributed by atoms with Crippen LogP contribution in [-0.2, 0) is 20.0 Å². The first-order valence-corrected chi connectivity index (χ1v) is 9.57. The van der Waals surface area contributed by atoms with Gasteiger partial charge in [0, 0.05) is 20.1 Å². The van der Waals surface area contributed by atoms with Crippen LogP contribution >= 0.6 is 0 Å². The topological polar surface area (TPSA) is 110 Å². The van der Waals surface area contributed by atoms with Gasteiger partial charge in [0.1, 0.15) is 10.6 Å². The third kappa shape index (κ3) is 4.50. The van der Waals surface area contributed by atoms with Gasteiger partial charge < -0.3 is 4.52 Å². The summed E-state index contributed by atoms with van der Waals surface area (Å²) < 4.78 is 56.0. The highest BCUT2D eigenvalue weighted by molar-refractivity contribution is 7.89. The summed E-state index contributed by atoms with van der Waals surface area (Å²) in [6, 6.07) is 0. The Hall–Kier alpha value is -0.970. The predicted molar refractivity (Wildman–Crippen MR) is 77.9 cm³/mol. The van der Waals surface area contributed by atoms with E-state index in [-0.39, 0.29) is 35.2 Å². The second-order valence-electron chi connectivity index (χ2n) is 4.69. The monoisotopic (exact) mass is 339 g/mol. The summed E-state index contributed by atoms with van der Waals surface area (Å²) in [6.45, 7) is 4.86. The SMILES string of the molecule is CCCS(=O)(=O)NCCN(C)S(=O)(=O)c1c(C)noc1C. The summed E-state index contributed by atoms with van der Waals surface area (Å²) in [5.74, 6) is 0.235. The molecule has 10 heteroatoms. The number of aryl methyl sites for hydroxylation is 2. The molecule has 21 heavy (non-hydrogen) atoms. The zero-order valence-electron chi connectivity index (χ0n) is 12.6. The van der Waals surface area contributed by atoms with Crippen LogP contribution in [0.2, 0.25) is 0 Å². The Balaban J connectivity index is 2.74. The Kier molecular flexibility index (Phi) is 5.91. The molecule has 1 heterocycles. The van der Waals surface area contributed by atoms with Crippen molar-refractivity contribution in [2.75, 3.05) is 25.9 Å². The number of hydrogen-bond donors (Lipinski definition) is 1. The van der Waals surface area contributed by atoms with Crippen molar-refractivity contribution in [1.82, 2.24) is 14.2 Å². The number of rotatable bonds is 8. The van der Waals surface area contributed by atoms with Gasteiger partial charge in [-0.05, 0) is 20.3 Å². The van der Waals surface area contributed by atoms with E-state index in [2.05, 4.69) is 9.88 Å². The second-order valence-corrected chi connectivity index (χ2v) is 8.60. The lowest BCUT2D eigenvalue weighted by Crippen LogP contribution is -2.37. The van der Waals surface area contributed by atoms with Gasteiger partial charge in [0.25, 0.3) is 0 Å². The third-order valence-corrected chi connectivity index (χ3v) is 6.55. The second kappa shape index (κ2) is 6.86. The number of nitrogens with zero attached hydrogens (tertiary/aromatic N) is 2. The van der Waals surface area contributed by atoms with Crippen molar-refractivity contribution in [1.29, 1.82) is 0 Å². The number of sulfonamides is 2. The molecule has 0 aliphatic heterocycles. The van der Waals surface area contributed by atoms with Crippen molar-refractivity contribution in [3.05, 3.63) is 11.5 Å². The number of hydrogen-bond acceptors (Lipinski definition) is 6. The minimum atomic E-state index is -3.74. The van der Waals surface area contributed by atoms with Crippen LogP contribution in [0.5, 0.6) is 0 Å². The van der Waals surface area contributed by atoms with Crippen molar-refractivity contribution < 1.29 is 21.4 Å². The van der Waals surface area contributed by atoms with Gasteiger partial charge in [-0.2, -0.15) is 4.31 Å². The van der Waals surface area contributed by atoms with Crippen LogP contribution in [0.4, 0.5) is 0 Å². The summed E-state index contributed by atoms with van der Waals surface area (Å²) in [5.41, 5.74) is 0.283. The van der Waals surface area contributed by atoms with Crippen LogP contribution in [-0.4, -0.2) is 52.2 Å². The number of likely N-dealkylation sites (N-methyl/N-ethyl adjacent to an activating group) is 1. The molecule has 1 N–H and O–H groups in total. The smallest absolute Gasteiger partial charge is 0.248 e. The minimum absolute atomic E-state index is 0.0153. The molecule has 0 unspecified atom stereocenters. The van der Waals surface area contributed by atoms with Crippen molar-refractivity contribution in [3.63, 3.8) is 0 Å². The fourth-order valence-corrected chi connectivity index (χ4v) is 4.36. The van der Waals surface area contributed by atoms with Gasteiger partial charge in [-0.25, -0.2) is 21.6 Å². The molecule has 0 amide bonds. The van der Waals surface area contributed by atoms with Gasteiger partial charge in [0.15, 0.2) is 5.76 Å². The van der Waals surface area contributed by atoms with Crippen molar-refractivity contribution in [2.24, 2.45) is 0 Å². The molecular formula is C11H21N3O5S2. The van der Waals surface area contributed by atoms with Gasteiger partial charge in [-0.1, -0.05) is 12.1 Å². The first-order chi connectivity index (χ1) is 9.62. The molecule has 0 aromatic carbocycles. The molecule has 0 bridgehead atoms. The van der Waals surface area contributed by atoms with Gasteiger partial charge in [-0.3, -0.25) is 0 Å². The van der Waals surface area contributed by atoms with Gasteiger partial charge in [0.05, 0.1) is 5.75 Å². The molecule has 122 valence electrons. The third-order valence-electron chi connectivity index (χ3n) is 2.86. The Bertz CT molecular complexity index is 659. The molecular weight excluding hydrogens is 318 g/mol. The van der Waals surface area contributed by atoms with E-state index in [0.717, 1.165) is 4.31 Å². The molecule has 0 saturated carbocycles. The van der Waals surface area contributed by atoms with Crippen LogP contribution in [0.15, 0.2) is 9.42 Å². The molecule has 1 aromatic heterocycles. The first kappa shape index (κ1) is 18.1. The quantitative estimate of drug-likeness (QED) is 0.726. The lowest BCUT2D eigenvalue weighted by molar-refractivity contribution is 0.389. The van der Waals surface area contributed by atoms with Crippen molar-refractivity contribution >= 4 is 20.0 Å². The van der Waals surface area contributed by atoms with E-state index in [4.69, 9.17) is 4.52 Å². The zero-order valence-corrected chi connectivity index (χ0v) is 14.2. The number of aromatic nitrogens is 1. The highest BCUT2D eigenvalue weighted by atomic mass is 32.2. The minimum Gasteiger partial charge on any atom is -0.360 e.